The normalized spacial score (nSPS) is 11.4. The predicted octanol–water partition coefficient (Wildman–Crippen LogP) is 1.56. The van der Waals surface area contributed by atoms with Crippen LogP contribution in [0.1, 0.15) is 13.8 Å². The van der Waals surface area contributed by atoms with E-state index >= 15 is 0 Å². The quantitative estimate of drug-likeness (QED) is 0.749. The van der Waals surface area contributed by atoms with Gasteiger partial charge in [-0.2, -0.15) is 0 Å². The lowest BCUT2D eigenvalue weighted by atomic mass is 9.95. The highest BCUT2D eigenvalue weighted by atomic mass is 35.5. The van der Waals surface area contributed by atoms with E-state index in [2.05, 4.69) is 15.3 Å². The minimum atomic E-state index is -0.169. The molecule has 0 unspecified atom stereocenters. The molecular formula is C9H14ClN3O. The van der Waals surface area contributed by atoms with Gasteiger partial charge in [0.25, 0.3) is 0 Å². The van der Waals surface area contributed by atoms with Gasteiger partial charge in [-0.25, -0.2) is 9.97 Å². The lowest BCUT2D eigenvalue weighted by Gasteiger charge is -2.21. The molecule has 0 aliphatic heterocycles. The van der Waals surface area contributed by atoms with Crippen LogP contribution in [0.3, 0.4) is 0 Å². The van der Waals surface area contributed by atoms with Crippen LogP contribution in [0.5, 0.6) is 0 Å². The Labute approximate surface area is 88.3 Å². The van der Waals surface area contributed by atoms with Crippen molar-refractivity contribution in [3.63, 3.8) is 0 Å². The molecule has 0 amide bonds. The summed E-state index contributed by atoms with van der Waals surface area (Å²) in [5.41, 5.74) is -0.169. The molecule has 14 heavy (non-hydrogen) atoms. The Morgan fingerprint density at radius 2 is 2.21 bits per heavy atom. The van der Waals surface area contributed by atoms with Crippen molar-refractivity contribution in [1.29, 1.82) is 0 Å². The number of rotatable bonds is 4. The second kappa shape index (κ2) is 4.57. The standard InChI is InChI=1S/C9H14ClN3O/c1-9(2,5-14)4-11-8-3-7(10)12-6-13-8/h3,6,14H,4-5H2,1-2H3,(H,11,12,13). The Kier molecular flexibility index (Phi) is 3.66. The fourth-order valence-corrected chi connectivity index (χ4v) is 0.963. The molecule has 4 nitrogen and oxygen atoms in total. The molecule has 0 aliphatic rings. The van der Waals surface area contributed by atoms with Crippen molar-refractivity contribution >= 4 is 17.4 Å². The zero-order valence-electron chi connectivity index (χ0n) is 8.29. The summed E-state index contributed by atoms with van der Waals surface area (Å²) in [5.74, 6) is 0.673. The minimum absolute atomic E-state index is 0.124. The number of nitrogens with one attached hydrogen (secondary N) is 1. The van der Waals surface area contributed by atoms with E-state index in [1.807, 2.05) is 13.8 Å². The van der Waals surface area contributed by atoms with E-state index in [0.29, 0.717) is 17.5 Å². The molecular weight excluding hydrogens is 202 g/mol. The maximum atomic E-state index is 9.03. The fourth-order valence-electron chi connectivity index (χ4n) is 0.816. The second-order valence-corrected chi connectivity index (χ2v) is 4.29. The Balaban J connectivity index is 2.54. The van der Waals surface area contributed by atoms with E-state index in [1.165, 1.54) is 6.33 Å². The van der Waals surface area contributed by atoms with Crippen molar-refractivity contribution in [3.8, 4) is 0 Å². The van der Waals surface area contributed by atoms with Crippen LogP contribution in [0.15, 0.2) is 12.4 Å². The van der Waals surface area contributed by atoms with Gasteiger partial charge in [-0.15, -0.1) is 0 Å². The average Bonchev–Trinajstić information content (AvgIpc) is 2.15. The zero-order chi connectivity index (χ0) is 10.6. The lowest BCUT2D eigenvalue weighted by molar-refractivity contribution is 0.170. The Bertz CT molecular complexity index is 304. The van der Waals surface area contributed by atoms with E-state index < -0.39 is 0 Å². The summed E-state index contributed by atoms with van der Waals surface area (Å²) in [5, 5.41) is 12.5. The van der Waals surface area contributed by atoms with Gasteiger partial charge in [0.1, 0.15) is 17.3 Å². The summed E-state index contributed by atoms with van der Waals surface area (Å²) in [6.45, 7) is 4.68. The number of halogens is 1. The van der Waals surface area contributed by atoms with E-state index in [-0.39, 0.29) is 12.0 Å². The van der Waals surface area contributed by atoms with Crippen molar-refractivity contribution in [1.82, 2.24) is 9.97 Å². The molecule has 0 atom stereocenters. The molecule has 0 saturated carbocycles. The van der Waals surface area contributed by atoms with Gasteiger partial charge in [0.15, 0.2) is 0 Å². The molecule has 2 N–H and O–H groups in total. The van der Waals surface area contributed by atoms with E-state index in [4.69, 9.17) is 16.7 Å². The fraction of sp³-hybridized carbons (Fsp3) is 0.556. The van der Waals surface area contributed by atoms with Crippen molar-refractivity contribution in [2.75, 3.05) is 18.5 Å². The summed E-state index contributed by atoms with van der Waals surface area (Å²) in [6, 6.07) is 1.65. The highest BCUT2D eigenvalue weighted by molar-refractivity contribution is 6.29. The van der Waals surface area contributed by atoms with Crippen molar-refractivity contribution < 1.29 is 5.11 Å². The van der Waals surface area contributed by atoms with Gasteiger partial charge in [0.05, 0.1) is 0 Å². The number of aliphatic hydroxyl groups excluding tert-OH is 1. The van der Waals surface area contributed by atoms with Crippen LogP contribution in [0, 0.1) is 5.41 Å². The summed E-state index contributed by atoms with van der Waals surface area (Å²) in [4.78, 5) is 7.76. The first-order valence-electron chi connectivity index (χ1n) is 4.36. The first-order chi connectivity index (χ1) is 6.53. The summed E-state index contributed by atoms with van der Waals surface area (Å²) < 4.78 is 0. The van der Waals surface area contributed by atoms with Gasteiger partial charge < -0.3 is 10.4 Å². The van der Waals surface area contributed by atoms with Gasteiger partial charge in [-0.1, -0.05) is 25.4 Å². The van der Waals surface area contributed by atoms with Crippen LogP contribution in [-0.2, 0) is 0 Å². The van der Waals surface area contributed by atoms with Crippen LogP contribution >= 0.6 is 11.6 Å². The molecule has 78 valence electrons. The maximum absolute atomic E-state index is 9.03. The number of hydrogen-bond donors (Lipinski definition) is 2. The summed E-state index contributed by atoms with van der Waals surface area (Å²) >= 11 is 5.69. The summed E-state index contributed by atoms with van der Waals surface area (Å²) in [6.07, 6.45) is 1.40. The molecule has 0 spiro atoms. The SMILES string of the molecule is CC(C)(CO)CNc1cc(Cl)ncn1. The first kappa shape index (κ1) is 11.2. The molecule has 0 radical (unpaired) electrons. The molecule has 0 saturated heterocycles. The minimum Gasteiger partial charge on any atom is -0.396 e. The van der Waals surface area contributed by atoms with Crippen LogP contribution < -0.4 is 5.32 Å². The molecule has 0 aliphatic carbocycles. The second-order valence-electron chi connectivity index (χ2n) is 3.90. The molecule has 1 rings (SSSR count). The lowest BCUT2D eigenvalue weighted by Crippen LogP contribution is -2.27. The molecule has 5 heteroatoms. The van der Waals surface area contributed by atoms with Crippen molar-refractivity contribution in [2.24, 2.45) is 5.41 Å². The largest absolute Gasteiger partial charge is 0.396 e. The number of hydrogen-bond acceptors (Lipinski definition) is 4. The molecule has 0 bridgehead atoms. The van der Waals surface area contributed by atoms with Crippen LogP contribution in [0.25, 0.3) is 0 Å². The highest BCUT2D eigenvalue weighted by Crippen LogP contribution is 2.15. The Hall–Kier alpha value is -0.870. The third-order valence-corrected chi connectivity index (χ3v) is 2.02. The first-order valence-corrected chi connectivity index (χ1v) is 4.73. The molecule has 0 fully saturated rings. The van der Waals surface area contributed by atoms with Gasteiger partial charge in [-0.05, 0) is 0 Å². The Morgan fingerprint density at radius 1 is 1.50 bits per heavy atom. The molecule has 1 heterocycles. The van der Waals surface area contributed by atoms with Gasteiger partial charge >= 0.3 is 0 Å². The Morgan fingerprint density at radius 3 is 2.79 bits per heavy atom. The molecule has 1 aromatic heterocycles. The van der Waals surface area contributed by atoms with E-state index in [9.17, 15) is 0 Å². The molecule has 1 aromatic rings. The van der Waals surface area contributed by atoms with Gasteiger partial charge in [0, 0.05) is 24.6 Å². The van der Waals surface area contributed by atoms with Gasteiger partial charge in [-0.3, -0.25) is 0 Å². The number of anilines is 1. The van der Waals surface area contributed by atoms with Crippen LogP contribution in [-0.4, -0.2) is 28.2 Å². The van der Waals surface area contributed by atoms with Crippen LogP contribution in [0.4, 0.5) is 5.82 Å². The smallest absolute Gasteiger partial charge is 0.134 e. The van der Waals surface area contributed by atoms with E-state index in [1.54, 1.807) is 6.07 Å². The zero-order valence-corrected chi connectivity index (χ0v) is 9.04. The molecule has 0 aromatic carbocycles. The van der Waals surface area contributed by atoms with Crippen LogP contribution in [0.2, 0.25) is 5.15 Å². The number of aliphatic hydroxyl groups is 1. The predicted molar refractivity (Wildman–Crippen MR) is 56.4 cm³/mol. The third-order valence-electron chi connectivity index (χ3n) is 1.81. The number of aromatic nitrogens is 2. The summed E-state index contributed by atoms with van der Waals surface area (Å²) in [7, 11) is 0. The van der Waals surface area contributed by atoms with Crippen molar-refractivity contribution in [2.45, 2.75) is 13.8 Å². The average molecular weight is 216 g/mol. The van der Waals surface area contributed by atoms with Crippen molar-refractivity contribution in [3.05, 3.63) is 17.5 Å². The third kappa shape index (κ3) is 3.47. The monoisotopic (exact) mass is 215 g/mol. The maximum Gasteiger partial charge on any atom is 0.134 e. The van der Waals surface area contributed by atoms with E-state index in [0.717, 1.165) is 0 Å². The topological polar surface area (TPSA) is 58.0 Å². The highest BCUT2D eigenvalue weighted by Gasteiger charge is 2.15. The number of nitrogens with zero attached hydrogens (tertiary/aromatic N) is 2. The van der Waals surface area contributed by atoms with Gasteiger partial charge in [0.2, 0.25) is 0 Å².